The van der Waals surface area contributed by atoms with Crippen LogP contribution in [0.4, 0.5) is 0 Å². The molecule has 2 N–H and O–H groups in total. The number of nitrogens with one attached hydrogen (secondary N) is 1. The van der Waals surface area contributed by atoms with Gasteiger partial charge in [0.05, 0.1) is 5.60 Å². The smallest absolute Gasteiger partial charge is 0.0628 e. The highest BCUT2D eigenvalue weighted by Crippen LogP contribution is 2.18. The van der Waals surface area contributed by atoms with Gasteiger partial charge in [-0.3, -0.25) is 0 Å². The zero-order chi connectivity index (χ0) is 8.32. The van der Waals surface area contributed by atoms with E-state index in [-0.39, 0.29) is 0 Å². The average molecular weight is 155 g/mol. The molecule has 0 aliphatic carbocycles. The van der Waals surface area contributed by atoms with Crippen LogP contribution in [-0.4, -0.2) is 23.8 Å². The molecule has 1 aliphatic rings. The minimum atomic E-state index is -0.539. The predicted molar refractivity (Wildman–Crippen MR) is 46.5 cm³/mol. The van der Waals surface area contributed by atoms with Crippen molar-refractivity contribution in [1.82, 2.24) is 5.32 Å². The van der Waals surface area contributed by atoms with Crippen LogP contribution < -0.4 is 5.32 Å². The molecule has 2 heteroatoms. The molecule has 0 aromatic carbocycles. The van der Waals surface area contributed by atoms with Gasteiger partial charge in [-0.2, -0.15) is 0 Å². The molecule has 1 heterocycles. The largest absolute Gasteiger partial charge is 0.390 e. The third kappa shape index (κ3) is 3.54. The van der Waals surface area contributed by atoms with Gasteiger partial charge in [-0.25, -0.2) is 0 Å². The van der Waals surface area contributed by atoms with E-state index in [1.165, 1.54) is 5.57 Å². The molecular formula is C9H17NO. The Morgan fingerprint density at radius 2 is 2.36 bits per heavy atom. The molecule has 0 aromatic rings. The lowest BCUT2D eigenvalue weighted by Gasteiger charge is -2.21. The fraction of sp³-hybridized carbons (Fsp3) is 0.778. The van der Waals surface area contributed by atoms with Gasteiger partial charge in [-0.15, -0.1) is 0 Å². The van der Waals surface area contributed by atoms with Gasteiger partial charge in [-0.05, 0) is 33.2 Å². The Kier molecular flexibility index (Phi) is 2.68. The number of aliphatic hydroxyl groups is 1. The maximum absolute atomic E-state index is 9.51. The lowest BCUT2D eigenvalue weighted by Crippen LogP contribution is -2.25. The first-order chi connectivity index (χ1) is 5.08. The minimum Gasteiger partial charge on any atom is -0.390 e. The third-order valence-electron chi connectivity index (χ3n) is 1.82. The summed E-state index contributed by atoms with van der Waals surface area (Å²) in [4.78, 5) is 0. The predicted octanol–water partition coefficient (Wildman–Crippen LogP) is 1.07. The number of rotatable bonds is 2. The van der Waals surface area contributed by atoms with Gasteiger partial charge in [0, 0.05) is 6.54 Å². The summed E-state index contributed by atoms with van der Waals surface area (Å²) in [6.45, 7) is 5.74. The molecule has 1 rings (SSSR count). The molecule has 0 radical (unpaired) electrons. The van der Waals surface area contributed by atoms with Crippen molar-refractivity contribution in [3.05, 3.63) is 11.6 Å². The molecule has 0 atom stereocenters. The normalized spacial score (nSPS) is 19.7. The fourth-order valence-corrected chi connectivity index (χ4v) is 1.39. The first-order valence-electron chi connectivity index (χ1n) is 4.19. The first kappa shape index (κ1) is 8.75. The third-order valence-corrected chi connectivity index (χ3v) is 1.82. The summed E-state index contributed by atoms with van der Waals surface area (Å²) in [7, 11) is 0. The Hall–Kier alpha value is -0.340. The fourth-order valence-electron chi connectivity index (χ4n) is 1.39. The summed E-state index contributed by atoms with van der Waals surface area (Å²) >= 11 is 0. The van der Waals surface area contributed by atoms with Gasteiger partial charge in [0.15, 0.2) is 0 Å². The molecule has 0 aromatic heterocycles. The topological polar surface area (TPSA) is 32.3 Å². The molecule has 1 aliphatic heterocycles. The van der Waals surface area contributed by atoms with Crippen LogP contribution in [0.25, 0.3) is 0 Å². The molecule has 0 amide bonds. The zero-order valence-electron chi connectivity index (χ0n) is 7.35. The first-order valence-corrected chi connectivity index (χ1v) is 4.19. The molecule has 0 fully saturated rings. The van der Waals surface area contributed by atoms with Crippen molar-refractivity contribution in [1.29, 1.82) is 0 Å². The highest BCUT2D eigenvalue weighted by Gasteiger charge is 2.15. The molecule has 0 bridgehead atoms. The molecule has 0 saturated carbocycles. The van der Waals surface area contributed by atoms with Crippen molar-refractivity contribution in [2.45, 2.75) is 32.3 Å². The maximum Gasteiger partial charge on any atom is 0.0628 e. The van der Waals surface area contributed by atoms with E-state index >= 15 is 0 Å². The second-order valence-corrected chi connectivity index (χ2v) is 3.81. The molecule has 11 heavy (non-hydrogen) atoms. The van der Waals surface area contributed by atoms with Crippen molar-refractivity contribution in [2.75, 3.05) is 13.1 Å². The van der Waals surface area contributed by atoms with Crippen LogP contribution in [0, 0.1) is 0 Å². The van der Waals surface area contributed by atoms with E-state index in [1.54, 1.807) is 0 Å². The maximum atomic E-state index is 9.51. The Bertz CT molecular complexity index is 155. The molecule has 0 saturated heterocycles. The van der Waals surface area contributed by atoms with Crippen molar-refractivity contribution < 1.29 is 5.11 Å². The van der Waals surface area contributed by atoms with Crippen LogP contribution in [0.15, 0.2) is 11.6 Å². The van der Waals surface area contributed by atoms with Crippen molar-refractivity contribution in [3.63, 3.8) is 0 Å². The van der Waals surface area contributed by atoms with Gasteiger partial charge in [0.2, 0.25) is 0 Å². The highest BCUT2D eigenvalue weighted by molar-refractivity contribution is 5.09. The van der Waals surface area contributed by atoms with Crippen LogP contribution in [0.2, 0.25) is 0 Å². The van der Waals surface area contributed by atoms with E-state index in [4.69, 9.17) is 0 Å². The SMILES string of the molecule is CC(C)(O)CC1=CCNCC1. The van der Waals surface area contributed by atoms with Gasteiger partial charge >= 0.3 is 0 Å². The van der Waals surface area contributed by atoms with Crippen LogP contribution >= 0.6 is 0 Å². The van der Waals surface area contributed by atoms with Gasteiger partial charge < -0.3 is 10.4 Å². The van der Waals surface area contributed by atoms with Crippen LogP contribution in [0.1, 0.15) is 26.7 Å². The Balaban J connectivity index is 2.42. The highest BCUT2D eigenvalue weighted by atomic mass is 16.3. The van der Waals surface area contributed by atoms with Crippen LogP contribution in [0.3, 0.4) is 0 Å². The minimum absolute atomic E-state index is 0.539. The van der Waals surface area contributed by atoms with E-state index in [1.807, 2.05) is 13.8 Å². The van der Waals surface area contributed by atoms with E-state index in [9.17, 15) is 5.11 Å². The Morgan fingerprint density at radius 3 is 2.82 bits per heavy atom. The quantitative estimate of drug-likeness (QED) is 0.585. The molecule has 0 spiro atoms. The van der Waals surface area contributed by atoms with Crippen molar-refractivity contribution in [2.24, 2.45) is 0 Å². The second kappa shape index (κ2) is 3.37. The molecule has 0 unspecified atom stereocenters. The summed E-state index contributed by atoms with van der Waals surface area (Å²) in [5.74, 6) is 0. The average Bonchev–Trinajstić information content (AvgIpc) is 1.85. The van der Waals surface area contributed by atoms with Crippen LogP contribution in [0.5, 0.6) is 0 Å². The second-order valence-electron chi connectivity index (χ2n) is 3.81. The van der Waals surface area contributed by atoms with Crippen molar-refractivity contribution >= 4 is 0 Å². The Labute approximate surface area is 68.3 Å². The zero-order valence-corrected chi connectivity index (χ0v) is 7.35. The number of hydrogen-bond acceptors (Lipinski definition) is 2. The summed E-state index contributed by atoms with van der Waals surface area (Å²) in [6, 6.07) is 0. The molecule has 64 valence electrons. The summed E-state index contributed by atoms with van der Waals surface area (Å²) < 4.78 is 0. The van der Waals surface area contributed by atoms with Gasteiger partial charge in [0.25, 0.3) is 0 Å². The summed E-state index contributed by atoms with van der Waals surface area (Å²) in [5, 5.41) is 12.8. The van der Waals surface area contributed by atoms with Gasteiger partial charge in [0.1, 0.15) is 0 Å². The van der Waals surface area contributed by atoms with Crippen molar-refractivity contribution in [3.8, 4) is 0 Å². The lowest BCUT2D eigenvalue weighted by molar-refractivity contribution is 0.0798. The lowest BCUT2D eigenvalue weighted by atomic mass is 9.95. The van der Waals surface area contributed by atoms with Crippen LogP contribution in [-0.2, 0) is 0 Å². The standard InChI is InChI=1S/C9H17NO/c1-9(2,11)7-8-3-5-10-6-4-8/h3,10-11H,4-7H2,1-2H3. The van der Waals surface area contributed by atoms with E-state index in [0.717, 1.165) is 25.9 Å². The van der Waals surface area contributed by atoms with E-state index < -0.39 is 5.60 Å². The molecular weight excluding hydrogens is 138 g/mol. The number of hydrogen-bond donors (Lipinski definition) is 2. The van der Waals surface area contributed by atoms with E-state index in [2.05, 4.69) is 11.4 Å². The monoisotopic (exact) mass is 155 g/mol. The summed E-state index contributed by atoms with van der Waals surface area (Å²) in [5.41, 5.74) is 0.847. The summed E-state index contributed by atoms with van der Waals surface area (Å²) in [6.07, 6.45) is 4.08. The Morgan fingerprint density at radius 1 is 1.64 bits per heavy atom. The van der Waals surface area contributed by atoms with Gasteiger partial charge in [-0.1, -0.05) is 11.6 Å². The molecule has 2 nitrogen and oxygen atoms in total. The van der Waals surface area contributed by atoms with E-state index in [0.29, 0.717) is 0 Å².